The van der Waals surface area contributed by atoms with E-state index < -0.39 is 0 Å². The molecule has 1 aromatic carbocycles. The fourth-order valence-corrected chi connectivity index (χ4v) is 3.77. The number of hydrogen-bond donors (Lipinski definition) is 2. The van der Waals surface area contributed by atoms with Crippen molar-refractivity contribution in [2.75, 3.05) is 38.5 Å². The van der Waals surface area contributed by atoms with Gasteiger partial charge in [0.2, 0.25) is 5.91 Å². The van der Waals surface area contributed by atoms with Crippen LogP contribution in [0.2, 0.25) is 0 Å². The number of rotatable bonds is 7. The highest BCUT2D eigenvalue weighted by molar-refractivity contribution is 7.99. The molecule has 1 aliphatic rings. The van der Waals surface area contributed by atoms with Gasteiger partial charge in [0, 0.05) is 36.8 Å². The SMILES string of the molecule is CCNC(=O)CN=C(NCC)N1CCC(CSc2ccccc2)C1. The number of likely N-dealkylation sites (N-methyl/N-ethyl adjacent to an activating group) is 1. The van der Waals surface area contributed by atoms with Crippen LogP contribution in [0.4, 0.5) is 0 Å². The second kappa shape index (κ2) is 10.2. The molecular formula is C18H28N4OS. The molecule has 0 spiro atoms. The standard InChI is InChI=1S/C18H28N4OS/c1-3-19-17(23)12-21-18(20-4-2)22-11-10-15(13-22)14-24-16-8-6-5-7-9-16/h5-9,15H,3-4,10-14H2,1-2H3,(H,19,23)(H,20,21). The van der Waals surface area contributed by atoms with Crippen LogP contribution in [0.5, 0.6) is 0 Å². The van der Waals surface area contributed by atoms with Crippen LogP contribution >= 0.6 is 11.8 Å². The van der Waals surface area contributed by atoms with Gasteiger partial charge in [-0.25, -0.2) is 4.99 Å². The van der Waals surface area contributed by atoms with Crippen LogP contribution in [-0.2, 0) is 4.79 Å². The average Bonchev–Trinajstić information content (AvgIpc) is 3.07. The largest absolute Gasteiger partial charge is 0.357 e. The predicted molar refractivity (Wildman–Crippen MR) is 102 cm³/mol. The van der Waals surface area contributed by atoms with Crippen LogP contribution in [0.15, 0.2) is 40.2 Å². The first-order valence-corrected chi connectivity index (χ1v) is 9.69. The molecule has 0 radical (unpaired) electrons. The van der Waals surface area contributed by atoms with Crippen molar-refractivity contribution >= 4 is 23.6 Å². The molecule has 6 heteroatoms. The second-order valence-electron chi connectivity index (χ2n) is 5.85. The van der Waals surface area contributed by atoms with Gasteiger partial charge in [-0.1, -0.05) is 18.2 Å². The smallest absolute Gasteiger partial charge is 0.241 e. The molecule has 2 N–H and O–H groups in total. The highest BCUT2D eigenvalue weighted by atomic mass is 32.2. The summed E-state index contributed by atoms with van der Waals surface area (Å²) in [7, 11) is 0. The molecule has 1 heterocycles. The van der Waals surface area contributed by atoms with Gasteiger partial charge in [0.05, 0.1) is 0 Å². The Labute approximate surface area is 149 Å². The quantitative estimate of drug-likeness (QED) is 0.451. The van der Waals surface area contributed by atoms with E-state index in [2.05, 4.69) is 57.8 Å². The molecule has 1 fully saturated rings. The van der Waals surface area contributed by atoms with Crippen molar-refractivity contribution in [3.63, 3.8) is 0 Å². The van der Waals surface area contributed by atoms with Crippen molar-refractivity contribution in [3.05, 3.63) is 30.3 Å². The zero-order valence-corrected chi connectivity index (χ0v) is 15.4. The Bertz CT molecular complexity index is 535. The third-order valence-corrected chi connectivity index (χ3v) is 5.14. The average molecular weight is 349 g/mol. The van der Waals surface area contributed by atoms with Gasteiger partial charge >= 0.3 is 0 Å². The molecule has 0 aliphatic carbocycles. The number of thioether (sulfide) groups is 1. The lowest BCUT2D eigenvalue weighted by Gasteiger charge is -2.21. The number of aliphatic imine (C=N–C) groups is 1. The maximum atomic E-state index is 11.6. The number of benzene rings is 1. The molecule has 1 amide bonds. The van der Waals surface area contributed by atoms with E-state index in [1.165, 1.54) is 11.3 Å². The topological polar surface area (TPSA) is 56.7 Å². The minimum absolute atomic E-state index is 0.0247. The van der Waals surface area contributed by atoms with Crippen LogP contribution in [0, 0.1) is 5.92 Å². The molecular weight excluding hydrogens is 320 g/mol. The predicted octanol–water partition coefficient (Wildman–Crippen LogP) is 2.20. The van der Waals surface area contributed by atoms with E-state index in [1.54, 1.807) is 0 Å². The summed E-state index contributed by atoms with van der Waals surface area (Å²) < 4.78 is 0. The zero-order valence-electron chi connectivity index (χ0n) is 14.6. The van der Waals surface area contributed by atoms with Gasteiger partial charge in [0.15, 0.2) is 5.96 Å². The summed E-state index contributed by atoms with van der Waals surface area (Å²) in [6.45, 7) is 7.63. The number of amides is 1. The number of nitrogens with zero attached hydrogens (tertiary/aromatic N) is 2. The lowest BCUT2D eigenvalue weighted by Crippen LogP contribution is -2.41. The van der Waals surface area contributed by atoms with Gasteiger partial charge in [-0.05, 0) is 38.3 Å². The van der Waals surface area contributed by atoms with Crippen LogP contribution in [-0.4, -0.2) is 55.2 Å². The van der Waals surface area contributed by atoms with Crippen LogP contribution in [0.1, 0.15) is 20.3 Å². The molecule has 2 rings (SSSR count). The summed E-state index contributed by atoms with van der Waals surface area (Å²) >= 11 is 1.92. The maximum Gasteiger partial charge on any atom is 0.241 e. The van der Waals surface area contributed by atoms with Gasteiger partial charge in [-0.15, -0.1) is 11.8 Å². The Balaban J connectivity index is 1.84. The van der Waals surface area contributed by atoms with E-state index in [9.17, 15) is 4.79 Å². The number of likely N-dealkylation sites (tertiary alicyclic amines) is 1. The summed E-state index contributed by atoms with van der Waals surface area (Å²) in [5.74, 6) is 2.61. The number of guanidine groups is 1. The number of nitrogens with one attached hydrogen (secondary N) is 2. The first-order chi connectivity index (χ1) is 11.7. The first kappa shape index (κ1) is 18.6. The van der Waals surface area contributed by atoms with Gasteiger partial charge in [0.1, 0.15) is 6.54 Å². The first-order valence-electron chi connectivity index (χ1n) is 8.70. The highest BCUT2D eigenvalue weighted by Crippen LogP contribution is 2.25. The van der Waals surface area contributed by atoms with Gasteiger partial charge in [-0.3, -0.25) is 4.79 Å². The summed E-state index contributed by atoms with van der Waals surface area (Å²) in [5.41, 5.74) is 0. The molecule has 1 atom stereocenters. The van der Waals surface area contributed by atoms with Crippen LogP contribution in [0.25, 0.3) is 0 Å². The highest BCUT2D eigenvalue weighted by Gasteiger charge is 2.25. The van der Waals surface area contributed by atoms with E-state index in [1.807, 2.05) is 18.7 Å². The van der Waals surface area contributed by atoms with E-state index in [4.69, 9.17) is 0 Å². The van der Waals surface area contributed by atoms with E-state index >= 15 is 0 Å². The molecule has 0 aromatic heterocycles. The van der Waals surface area contributed by atoms with E-state index in [0.29, 0.717) is 12.5 Å². The van der Waals surface area contributed by atoms with Crippen LogP contribution in [0.3, 0.4) is 0 Å². The maximum absolute atomic E-state index is 11.6. The third kappa shape index (κ3) is 6.07. The fourth-order valence-electron chi connectivity index (χ4n) is 2.72. The Hall–Kier alpha value is -1.69. The van der Waals surface area contributed by atoms with E-state index in [0.717, 1.165) is 31.3 Å². The number of carbonyl (C=O) groups excluding carboxylic acids is 1. The Morgan fingerprint density at radius 1 is 1.25 bits per heavy atom. The summed E-state index contributed by atoms with van der Waals surface area (Å²) in [6.07, 6.45) is 1.17. The van der Waals surface area contributed by atoms with Crippen LogP contribution < -0.4 is 10.6 Å². The fraction of sp³-hybridized carbons (Fsp3) is 0.556. The molecule has 1 saturated heterocycles. The van der Waals surface area contributed by atoms with Crippen molar-refractivity contribution in [1.82, 2.24) is 15.5 Å². The normalized spacial score (nSPS) is 17.8. The third-order valence-electron chi connectivity index (χ3n) is 3.90. The minimum Gasteiger partial charge on any atom is -0.357 e. The molecule has 1 aromatic rings. The van der Waals surface area contributed by atoms with E-state index in [-0.39, 0.29) is 12.5 Å². The monoisotopic (exact) mass is 348 g/mol. The summed E-state index contributed by atoms with van der Waals surface area (Å²) in [6, 6.07) is 10.5. The zero-order chi connectivity index (χ0) is 17.2. The van der Waals surface area contributed by atoms with Crippen molar-refractivity contribution in [2.24, 2.45) is 10.9 Å². The van der Waals surface area contributed by atoms with Crippen molar-refractivity contribution < 1.29 is 4.79 Å². The van der Waals surface area contributed by atoms with Crippen molar-refractivity contribution in [2.45, 2.75) is 25.2 Å². The second-order valence-corrected chi connectivity index (χ2v) is 6.94. The number of hydrogen-bond acceptors (Lipinski definition) is 3. The molecule has 5 nitrogen and oxygen atoms in total. The lowest BCUT2D eigenvalue weighted by molar-refractivity contribution is -0.119. The van der Waals surface area contributed by atoms with Crippen molar-refractivity contribution in [1.29, 1.82) is 0 Å². The minimum atomic E-state index is -0.0247. The molecule has 1 aliphatic heterocycles. The number of carbonyl (C=O) groups is 1. The molecule has 0 bridgehead atoms. The van der Waals surface area contributed by atoms with Crippen molar-refractivity contribution in [3.8, 4) is 0 Å². The molecule has 132 valence electrons. The summed E-state index contributed by atoms with van der Waals surface area (Å²) in [5, 5.41) is 6.09. The summed E-state index contributed by atoms with van der Waals surface area (Å²) in [4.78, 5) is 19.7. The van der Waals surface area contributed by atoms with Gasteiger partial charge < -0.3 is 15.5 Å². The van der Waals surface area contributed by atoms with Gasteiger partial charge in [-0.2, -0.15) is 0 Å². The Morgan fingerprint density at radius 2 is 2.00 bits per heavy atom. The Morgan fingerprint density at radius 3 is 2.71 bits per heavy atom. The molecule has 0 saturated carbocycles. The Kier molecular flexibility index (Phi) is 7.95. The lowest BCUT2D eigenvalue weighted by atomic mass is 10.2. The molecule has 24 heavy (non-hydrogen) atoms. The molecule has 1 unspecified atom stereocenters. The van der Waals surface area contributed by atoms with Gasteiger partial charge in [0.25, 0.3) is 0 Å².